The van der Waals surface area contributed by atoms with E-state index in [9.17, 15) is 8.42 Å². The molecule has 0 unspecified atom stereocenters. The van der Waals surface area contributed by atoms with Crippen molar-refractivity contribution in [2.45, 2.75) is 13.0 Å². The van der Waals surface area contributed by atoms with Crippen LogP contribution in [0, 0.1) is 11.3 Å². The van der Waals surface area contributed by atoms with Crippen molar-refractivity contribution in [1.82, 2.24) is 0 Å². The highest BCUT2D eigenvalue weighted by Crippen LogP contribution is 2.05. The first-order chi connectivity index (χ1) is 8.01. The predicted molar refractivity (Wildman–Crippen MR) is 61.8 cm³/mol. The summed E-state index contributed by atoms with van der Waals surface area (Å²) in [4.78, 5) is 0. The Morgan fingerprint density at radius 3 is 2.82 bits per heavy atom. The molecule has 1 rings (SSSR count). The molecule has 0 aromatic heterocycles. The summed E-state index contributed by atoms with van der Waals surface area (Å²) < 4.78 is 34.5. The summed E-state index contributed by atoms with van der Waals surface area (Å²) in [5.41, 5.74) is 1.42. The van der Waals surface area contributed by atoms with Crippen LogP contribution in [0.2, 0.25) is 0 Å². The van der Waals surface area contributed by atoms with E-state index in [-0.39, 0.29) is 18.8 Å². The molecule has 1 aromatic rings. The van der Waals surface area contributed by atoms with Crippen molar-refractivity contribution >= 4 is 10.1 Å². The molecule has 1 N–H and O–H groups in total. The number of benzene rings is 1. The molecule has 0 saturated carbocycles. The second kappa shape index (κ2) is 6.35. The molecule has 1 aromatic carbocycles. The fourth-order valence-corrected chi connectivity index (χ4v) is 1.75. The van der Waals surface area contributed by atoms with E-state index in [2.05, 4.69) is 0 Å². The van der Waals surface area contributed by atoms with Crippen LogP contribution >= 0.6 is 0 Å². The predicted octanol–water partition coefficient (Wildman–Crippen LogP) is 1.35. The maximum absolute atomic E-state index is 10.4. The summed E-state index contributed by atoms with van der Waals surface area (Å²) in [5.74, 6) is -0.300. The third kappa shape index (κ3) is 6.02. The lowest BCUT2D eigenvalue weighted by atomic mass is 10.1. The van der Waals surface area contributed by atoms with E-state index in [0.29, 0.717) is 12.2 Å². The standard InChI is InChI=1S/C11H13NO4S/c12-8-10-3-1-4-11(7-10)9-16-5-2-6-17(13,14)15/h1,3-4,7H,2,5-6,9H2,(H,13,14,15). The first-order valence-corrected chi connectivity index (χ1v) is 6.64. The van der Waals surface area contributed by atoms with Crippen molar-refractivity contribution in [3.8, 4) is 6.07 Å². The first kappa shape index (κ1) is 13.6. The minimum atomic E-state index is -3.90. The Kier molecular flexibility index (Phi) is 5.10. The van der Waals surface area contributed by atoms with Gasteiger partial charge in [-0.05, 0) is 24.1 Å². The third-order valence-electron chi connectivity index (χ3n) is 2.02. The van der Waals surface area contributed by atoms with Gasteiger partial charge in [-0.15, -0.1) is 0 Å². The van der Waals surface area contributed by atoms with Crippen LogP contribution in [-0.4, -0.2) is 25.3 Å². The van der Waals surface area contributed by atoms with E-state index in [4.69, 9.17) is 14.6 Å². The van der Waals surface area contributed by atoms with Crippen LogP contribution < -0.4 is 0 Å². The molecule has 0 aliphatic heterocycles. The summed E-state index contributed by atoms with van der Waals surface area (Å²) in [6.07, 6.45) is 0.247. The van der Waals surface area contributed by atoms with Crippen molar-refractivity contribution in [2.24, 2.45) is 0 Å². The van der Waals surface area contributed by atoms with Gasteiger partial charge < -0.3 is 4.74 Å². The van der Waals surface area contributed by atoms with Gasteiger partial charge in [-0.1, -0.05) is 12.1 Å². The molecule has 0 fully saturated rings. The van der Waals surface area contributed by atoms with E-state index in [1.807, 2.05) is 12.1 Å². The molecule has 0 radical (unpaired) electrons. The minimum absolute atomic E-state index is 0.247. The summed E-state index contributed by atoms with van der Waals surface area (Å²) in [5, 5.41) is 8.68. The van der Waals surface area contributed by atoms with E-state index in [1.165, 1.54) is 0 Å². The highest BCUT2D eigenvalue weighted by molar-refractivity contribution is 7.85. The van der Waals surface area contributed by atoms with Crippen LogP contribution in [0.4, 0.5) is 0 Å². The fraction of sp³-hybridized carbons (Fsp3) is 0.364. The molecule has 92 valence electrons. The quantitative estimate of drug-likeness (QED) is 0.612. The van der Waals surface area contributed by atoms with Gasteiger partial charge in [-0.2, -0.15) is 13.7 Å². The lowest BCUT2D eigenvalue weighted by molar-refractivity contribution is 0.121. The normalized spacial score (nSPS) is 11.1. The number of ether oxygens (including phenoxy) is 1. The lowest BCUT2D eigenvalue weighted by Gasteiger charge is -2.03. The molecular formula is C11H13NO4S. The van der Waals surface area contributed by atoms with Gasteiger partial charge in [0.05, 0.1) is 24.0 Å². The monoisotopic (exact) mass is 255 g/mol. The van der Waals surface area contributed by atoms with Crippen molar-refractivity contribution in [1.29, 1.82) is 5.26 Å². The van der Waals surface area contributed by atoms with Gasteiger partial charge >= 0.3 is 0 Å². The minimum Gasteiger partial charge on any atom is -0.377 e. The molecule has 0 bridgehead atoms. The van der Waals surface area contributed by atoms with E-state index < -0.39 is 10.1 Å². The molecule has 0 atom stereocenters. The molecule has 5 nitrogen and oxygen atoms in total. The highest BCUT2D eigenvalue weighted by Gasteiger charge is 2.03. The van der Waals surface area contributed by atoms with Gasteiger partial charge in [0.25, 0.3) is 10.1 Å². The van der Waals surface area contributed by atoms with Gasteiger partial charge in [0, 0.05) is 6.61 Å². The second-order valence-electron chi connectivity index (χ2n) is 3.50. The highest BCUT2D eigenvalue weighted by atomic mass is 32.2. The second-order valence-corrected chi connectivity index (χ2v) is 5.08. The Morgan fingerprint density at radius 2 is 2.18 bits per heavy atom. The zero-order valence-electron chi connectivity index (χ0n) is 9.17. The average molecular weight is 255 g/mol. The van der Waals surface area contributed by atoms with Crippen LogP contribution in [0.1, 0.15) is 17.5 Å². The molecular weight excluding hydrogens is 242 g/mol. The number of hydrogen-bond acceptors (Lipinski definition) is 4. The molecule has 17 heavy (non-hydrogen) atoms. The number of hydrogen-bond donors (Lipinski definition) is 1. The Labute approximate surface area is 100 Å². The Hall–Kier alpha value is -1.42. The lowest BCUT2D eigenvalue weighted by Crippen LogP contribution is -2.07. The SMILES string of the molecule is N#Cc1cccc(COCCCS(=O)(=O)O)c1. The average Bonchev–Trinajstić information content (AvgIpc) is 2.27. The third-order valence-corrected chi connectivity index (χ3v) is 2.82. The zero-order chi connectivity index (χ0) is 12.7. The topological polar surface area (TPSA) is 87.4 Å². The Morgan fingerprint density at radius 1 is 1.41 bits per heavy atom. The van der Waals surface area contributed by atoms with Crippen molar-refractivity contribution in [3.63, 3.8) is 0 Å². The van der Waals surface area contributed by atoms with E-state index in [1.54, 1.807) is 18.2 Å². The maximum Gasteiger partial charge on any atom is 0.264 e. The van der Waals surface area contributed by atoms with E-state index >= 15 is 0 Å². The number of nitrogens with zero attached hydrogens (tertiary/aromatic N) is 1. The van der Waals surface area contributed by atoms with Gasteiger partial charge in [-0.25, -0.2) is 0 Å². The van der Waals surface area contributed by atoms with E-state index in [0.717, 1.165) is 5.56 Å². The number of rotatable bonds is 6. The molecule has 0 amide bonds. The smallest absolute Gasteiger partial charge is 0.264 e. The molecule has 0 aliphatic rings. The van der Waals surface area contributed by atoms with Crippen LogP contribution in [0.5, 0.6) is 0 Å². The molecule has 0 saturated heterocycles. The number of nitriles is 1. The van der Waals surface area contributed by atoms with Crippen molar-refractivity contribution < 1.29 is 17.7 Å². The summed E-state index contributed by atoms with van der Waals surface area (Å²) >= 11 is 0. The first-order valence-electron chi connectivity index (χ1n) is 5.03. The zero-order valence-corrected chi connectivity index (χ0v) is 9.98. The van der Waals surface area contributed by atoms with Crippen LogP contribution in [0.15, 0.2) is 24.3 Å². The van der Waals surface area contributed by atoms with Crippen LogP contribution in [-0.2, 0) is 21.5 Å². The maximum atomic E-state index is 10.4. The molecule has 0 aliphatic carbocycles. The largest absolute Gasteiger partial charge is 0.377 e. The van der Waals surface area contributed by atoms with Crippen molar-refractivity contribution in [2.75, 3.05) is 12.4 Å². The molecule has 6 heteroatoms. The molecule has 0 heterocycles. The Balaban J connectivity index is 2.29. The fourth-order valence-electron chi connectivity index (χ4n) is 1.26. The van der Waals surface area contributed by atoms with Crippen LogP contribution in [0.25, 0.3) is 0 Å². The van der Waals surface area contributed by atoms with Crippen molar-refractivity contribution in [3.05, 3.63) is 35.4 Å². The van der Waals surface area contributed by atoms with Crippen LogP contribution in [0.3, 0.4) is 0 Å². The molecule has 0 spiro atoms. The summed E-state index contributed by atoms with van der Waals surface area (Å²) in [6.45, 7) is 0.567. The summed E-state index contributed by atoms with van der Waals surface area (Å²) in [6, 6.07) is 9.01. The van der Waals surface area contributed by atoms with Gasteiger partial charge in [-0.3, -0.25) is 4.55 Å². The summed E-state index contributed by atoms with van der Waals surface area (Å²) in [7, 11) is -3.90. The van der Waals surface area contributed by atoms with Gasteiger partial charge in [0.1, 0.15) is 0 Å². The van der Waals surface area contributed by atoms with Gasteiger partial charge in [0.2, 0.25) is 0 Å². The van der Waals surface area contributed by atoms with Gasteiger partial charge in [0.15, 0.2) is 0 Å². The Bertz CT molecular complexity index is 504.